The molecular weight excluding hydrogens is 478 g/mol. The Labute approximate surface area is 199 Å². The summed E-state index contributed by atoms with van der Waals surface area (Å²) in [5.74, 6) is 0.0595. The third kappa shape index (κ3) is 6.60. The van der Waals surface area contributed by atoms with Crippen LogP contribution in [0.5, 0.6) is 11.5 Å². The van der Waals surface area contributed by atoms with E-state index in [9.17, 15) is 9.18 Å². The summed E-state index contributed by atoms with van der Waals surface area (Å²) >= 11 is 18.3. The van der Waals surface area contributed by atoms with Crippen molar-refractivity contribution in [1.82, 2.24) is 5.43 Å². The lowest BCUT2D eigenvalue weighted by Gasteiger charge is -2.13. The van der Waals surface area contributed by atoms with Crippen molar-refractivity contribution in [3.8, 4) is 11.5 Å². The number of nitrogens with zero attached hydrogens (tertiary/aromatic N) is 1. The standard InChI is InChI=1S/C23H18Cl3FN2O3/c1-31-21-10-16(12-28-29-22(30)11-14-2-5-17(27)6-3-14)9-20(26)23(21)32-13-15-4-7-18(24)19(25)8-15/h2-10,12H,11,13H2,1H3,(H,29,30)/b28-12+. The minimum absolute atomic E-state index is 0.0726. The second-order valence-electron chi connectivity index (χ2n) is 6.67. The molecule has 0 saturated heterocycles. The second-order valence-corrected chi connectivity index (χ2v) is 7.89. The third-order valence-electron chi connectivity index (χ3n) is 4.30. The SMILES string of the molecule is COc1cc(/C=N/NC(=O)Cc2ccc(F)cc2)cc(Cl)c1OCc1ccc(Cl)c(Cl)c1. The van der Waals surface area contributed by atoms with Crippen LogP contribution in [0, 0.1) is 5.82 Å². The number of carbonyl (C=O) groups is 1. The molecule has 1 amide bonds. The number of halogens is 4. The highest BCUT2D eigenvalue weighted by Gasteiger charge is 2.12. The van der Waals surface area contributed by atoms with E-state index in [4.69, 9.17) is 44.3 Å². The van der Waals surface area contributed by atoms with Crippen LogP contribution in [0.3, 0.4) is 0 Å². The molecule has 3 aromatic rings. The highest BCUT2D eigenvalue weighted by atomic mass is 35.5. The van der Waals surface area contributed by atoms with Gasteiger partial charge in [-0.25, -0.2) is 9.82 Å². The van der Waals surface area contributed by atoms with Gasteiger partial charge in [0.05, 0.1) is 34.8 Å². The molecule has 3 aromatic carbocycles. The zero-order valence-corrected chi connectivity index (χ0v) is 19.1. The fraction of sp³-hybridized carbons (Fsp3) is 0.130. The smallest absolute Gasteiger partial charge is 0.244 e. The van der Waals surface area contributed by atoms with Gasteiger partial charge < -0.3 is 9.47 Å². The molecule has 0 spiro atoms. The molecule has 0 heterocycles. The molecule has 0 unspecified atom stereocenters. The Balaban J connectivity index is 1.63. The Morgan fingerprint density at radius 1 is 1.00 bits per heavy atom. The summed E-state index contributed by atoms with van der Waals surface area (Å²) in [6.07, 6.45) is 1.50. The summed E-state index contributed by atoms with van der Waals surface area (Å²) in [5, 5.41) is 5.13. The average molecular weight is 496 g/mol. The number of methoxy groups -OCH3 is 1. The molecule has 0 bridgehead atoms. The van der Waals surface area contributed by atoms with Crippen LogP contribution in [0.1, 0.15) is 16.7 Å². The van der Waals surface area contributed by atoms with Gasteiger partial charge in [-0.2, -0.15) is 5.10 Å². The number of hydrazone groups is 1. The first-order valence-electron chi connectivity index (χ1n) is 9.36. The highest BCUT2D eigenvalue weighted by Crippen LogP contribution is 2.37. The van der Waals surface area contributed by atoms with Crippen molar-refractivity contribution in [2.24, 2.45) is 5.10 Å². The van der Waals surface area contributed by atoms with Crippen LogP contribution < -0.4 is 14.9 Å². The first kappa shape index (κ1) is 23.9. The van der Waals surface area contributed by atoms with Gasteiger partial charge in [0, 0.05) is 0 Å². The van der Waals surface area contributed by atoms with Crippen molar-refractivity contribution in [1.29, 1.82) is 0 Å². The van der Waals surface area contributed by atoms with Gasteiger partial charge in [-0.1, -0.05) is 53.0 Å². The summed E-state index contributed by atoms with van der Waals surface area (Å²) in [4.78, 5) is 12.0. The molecule has 0 saturated carbocycles. The monoisotopic (exact) mass is 494 g/mol. The number of ether oxygens (including phenoxy) is 2. The van der Waals surface area contributed by atoms with E-state index < -0.39 is 0 Å². The summed E-state index contributed by atoms with van der Waals surface area (Å²) in [6.45, 7) is 0.208. The summed E-state index contributed by atoms with van der Waals surface area (Å²) < 4.78 is 24.1. The molecule has 9 heteroatoms. The molecule has 0 aliphatic heterocycles. The molecule has 32 heavy (non-hydrogen) atoms. The number of hydrogen-bond acceptors (Lipinski definition) is 4. The van der Waals surface area contributed by atoms with E-state index in [0.29, 0.717) is 37.7 Å². The van der Waals surface area contributed by atoms with Crippen LogP contribution in [0.25, 0.3) is 0 Å². The lowest BCUT2D eigenvalue weighted by atomic mass is 10.1. The van der Waals surface area contributed by atoms with Crippen molar-refractivity contribution in [3.05, 3.63) is 92.2 Å². The molecule has 166 valence electrons. The minimum Gasteiger partial charge on any atom is -0.493 e. The Hall–Kier alpha value is -2.80. The maximum absolute atomic E-state index is 12.9. The quantitative estimate of drug-likeness (QED) is 0.305. The molecule has 3 rings (SSSR count). The molecule has 0 aliphatic rings. The number of benzene rings is 3. The van der Waals surface area contributed by atoms with Crippen LogP contribution in [-0.2, 0) is 17.8 Å². The molecule has 1 N–H and O–H groups in total. The largest absolute Gasteiger partial charge is 0.493 e. The van der Waals surface area contributed by atoms with Crippen LogP contribution >= 0.6 is 34.8 Å². The highest BCUT2D eigenvalue weighted by molar-refractivity contribution is 6.42. The van der Waals surface area contributed by atoms with Crippen molar-refractivity contribution in [2.75, 3.05) is 7.11 Å². The Morgan fingerprint density at radius 2 is 1.72 bits per heavy atom. The topological polar surface area (TPSA) is 59.9 Å². The molecule has 0 radical (unpaired) electrons. The predicted octanol–water partition coefficient (Wildman–Crippen LogP) is 6.07. The maximum atomic E-state index is 12.9. The van der Waals surface area contributed by atoms with E-state index >= 15 is 0 Å². The zero-order chi connectivity index (χ0) is 23.1. The first-order valence-corrected chi connectivity index (χ1v) is 10.5. The van der Waals surface area contributed by atoms with Gasteiger partial charge in [0.15, 0.2) is 11.5 Å². The number of carbonyl (C=O) groups excluding carboxylic acids is 1. The molecule has 5 nitrogen and oxygen atoms in total. The Morgan fingerprint density at radius 3 is 2.41 bits per heavy atom. The number of amides is 1. The van der Waals surface area contributed by atoms with Crippen LogP contribution in [0.4, 0.5) is 4.39 Å². The van der Waals surface area contributed by atoms with Crippen molar-refractivity contribution >= 4 is 46.9 Å². The van der Waals surface area contributed by atoms with Crippen LogP contribution in [-0.4, -0.2) is 19.2 Å². The van der Waals surface area contributed by atoms with Gasteiger partial charge in [0.25, 0.3) is 0 Å². The molecule has 0 aromatic heterocycles. The molecular formula is C23H18Cl3FN2O3. The number of hydrogen-bond donors (Lipinski definition) is 1. The third-order valence-corrected chi connectivity index (χ3v) is 5.32. The summed E-state index contributed by atoms with van der Waals surface area (Å²) in [7, 11) is 1.49. The van der Waals surface area contributed by atoms with E-state index in [-0.39, 0.29) is 24.8 Å². The van der Waals surface area contributed by atoms with Gasteiger partial charge >= 0.3 is 0 Å². The summed E-state index contributed by atoms with van der Waals surface area (Å²) in [6, 6.07) is 14.2. The minimum atomic E-state index is -0.359. The zero-order valence-electron chi connectivity index (χ0n) is 16.9. The predicted molar refractivity (Wildman–Crippen MR) is 125 cm³/mol. The lowest BCUT2D eigenvalue weighted by molar-refractivity contribution is -0.120. The maximum Gasteiger partial charge on any atom is 0.244 e. The van der Waals surface area contributed by atoms with E-state index in [1.54, 1.807) is 42.5 Å². The van der Waals surface area contributed by atoms with Crippen molar-refractivity contribution in [3.63, 3.8) is 0 Å². The van der Waals surface area contributed by atoms with Crippen LogP contribution in [0.2, 0.25) is 15.1 Å². The fourth-order valence-electron chi connectivity index (χ4n) is 2.75. The Kier molecular flexibility index (Phi) is 8.33. The molecule has 0 fully saturated rings. The first-order chi connectivity index (χ1) is 15.4. The van der Waals surface area contributed by atoms with Gasteiger partial charge in [-0.05, 0) is 53.1 Å². The number of rotatable bonds is 8. The normalized spacial score (nSPS) is 10.9. The van der Waals surface area contributed by atoms with E-state index in [2.05, 4.69) is 10.5 Å². The number of nitrogens with one attached hydrogen (secondary N) is 1. The summed E-state index contributed by atoms with van der Waals surface area (Å²) in [5.41, 5.74) is 4.50. The lowest BCUT2D eigenvalue weighted by Crippen LogP contribution is -2.19. The fourth-order valence-corrected chi connectivity index (χ4v) is 3.34. The van der Waals surface area contributed by atoms with Gasteiger partial charge in [-0.3, -0.25) is 4.79 Å². The van der Waals surface area contributed by atoms with Crippen molar-refractivity contribution < 1.29 is 18.7 Å². The van der Waals surface area contributed by atoms with Gasteiger partial charge in [-0.15, -0.1) is 0 Å². The molecule has 0 aliphatic carbocycles. The van der Waals surface area contributed by atoms with E-state index in [1.807, 2.05) is 0 Å². The Bertz CT molecular complexity index is 1140. The van der Waals surface area contributed by atoms with Crippen LogP contribution in [0.15, 0.2) is 59.7 Å². The second kappa shape index (κ2) is 11.2. The van der Waals surface area contributed by atoms with Crippen molar-refractivity contribution in [2.45, 2.75) is 13.0 Å². The average Bonchev–Trinajstić information content (AvgIpc) is 2.76. The molecule has 0 atom stereocenters. The van der Waals surface area contributed by atoms with E-state index in [1.165, 1.54) is 25.5 Å². The van der Waals surface area contributed by atoms with Gasteiger partial charge in [0.1, 0.15) is 12.4 Å². The van der Waals surface area contributed by atoms with Gasteiger partial charge in [0.2, 0.25) is 5.91 Å². The van der Waals surface area contributed by atoms with E-state index in [0.717, 1.165) is 5.56 Å².